The number of carboxylic acid groups (broad SMARTS) is 1. The molecule has 3 unspecified atom stereocenters. The molecule has 7 N–H and O–H groups in total. The topological polar surface area (TPSA) is 341 Å². The normalized spacial score (nSPS) is 34.6. The van der Waals surface area contributed by atoms with Crippen LogP contribution in [0, 0.1) is 35.5 Å². The molecule has 26 nitrogen and oxygen atoms in total. The molecule has 10 rings (SSSR count). The SMILES string of the molecule is C=C/C(C)=C/C[C@@H]1O[C@H](C)[C@H](N)C[C@@H]1C.C=C/C(C)=C/C[C@@H]1O[C@H](C)[C@H](NC(=O)/C=C\C(C)COC2(C)COC2)C[C@@H]1C.C=C[C@H]1O[C@H](CC(=O)OC)C[C@@]2(CO2)[C@@H]1O.CC(/C=C\C(=O)O)COC1(C)COC1.COC(=O)C[C@@H]1C[C@@]2(CO2)[C@H](O)[C@@H](/C=C/C(C)=C/C[C@@H]2O[C@H](C)[C@H](NC(=O)/C=C\C(C)COC3(C)COC3)C[C@@H]2C)O1.[3H]P([3H])[3H]. The summed E-state index contributed by atoms with van der Waals surface area (Å²) in [6, 6.07) is 0.169. The predicted octanol–water partition coefficient (Wildman–Crippen LogP) is 10.6. The highest BCUT2D eigenvalue weighted by Gasteiger charge is 2.60. The zero-order chi connectivity index (χ0) is 88.6. The number of nitrogens with two attached hydrogens (primary N) is 1. The van der Waals surface area contributed by atoms with Crippen LogP contribution in [0.5, 0.6) is 0 Å². The van der Waals surface area contributed by atoms with Crippen molar-refractivity contribution in [1.29, 1.82) is 3.84 Å². The lowest BCUT2D eigenvalue weighted by molar-refractivity contribution is -0.201. The number of amides is 2. The van der Waals surface area contributed by atoms with E-state index in [1.807, 2.05) is 106 Å². The number of epoxide rings is 2. The standard InChI is InChI=1S/C32H49NO9.C23H37NO4.C13H23NO.C11H16O5.C10H16O4.H3P/c1-20(8-11-27-30(36)32(19-40-32)15-24(42-27)14-29(35)37-6)7-10-26-22(3)13-25(23(4)41-26)33-28(34)12-9-21(2)16-39-31(5)17-38-18-31;1-7-16(2)8-10-21-18(4)12-20(19(5)28-21)24-22(25)11-9-17(3)13-27-23(6)14-26-15-23;1-5-9(2)6-7-13-10(3)8-12(14)11(4)15-13;1-3-8-10(13)11(6-15-11)5-7(16-8)4-9(12)14-2;1-8(3-4-9(11)12)5-14-10(2)6-13-7-10;/h7-9,11-12,21-27,30,36H,10,13-19H2,1-6H3,(H,33,34);7-9,11,17-21H,1,10,12-15H2,2-6H3,(H,24,25);5-6,10-13H,1,7-8,14H2,2-4H3;3,7-8,10,13H,1,4-6H2,2H3;3-4,8H,5-7H2,1-2H3,(H,11,12);1H3/b11-8+,12-9-,20-7+;11-9-,16-8+;9-6+;;4-3-;/t21?,22-,23+,24+,25+,26-,27+,30+,32+;17?,18-,19+,20+,21-;10-,11+,12+,13-;7-,8-,10-,11-;;/m0001../s1/i;;;;;1T3. The molecule has 10 fully saturated rings. The van der Waals surface area contributed by atoms with Crippen LogP contribution >= 0.6 is 9.73 Å². The Morgan fingerprint density at radius 3 is 1.22 bits per heavy atom. The number of carbonyl (C=O) groups is 5. The van der Waals surface area contributed by atoms with Crippen molar-refractivity contribution in [3.8, 4) is 0 Å². The summed E-state index contributed by atoms with van der Waals surface area (Å²) >= 11 is 0. The summed E-state index contributed by atoms with van der Waals surface area (Å²) in [4.78, 5) is 58.1. The van der Waals surface area contributed by atoms with Crippen LogP contribution in [-0.4, -0.2) is 255 Å². The highest BCUT2D eigenvalue weighted by atomic mass is 31.0. The molecule has 0 aromatic heterocycles. The molecule has 27 heteroatoms. The average Bonchev–Trinajstić information content (AvgIpc) is 1.60. The van der Waals surface area contributed by atoms with Crippen LogP contribution in [0.1, 0.15) is 168 Å². The molecule has 0 aromatic rings. The Balaban J connectivity index is 0.000000281. The van der Waals surface area contributed by atoms with Gasteiger partial charge < -0.3 is 103 Å². The number of aliphatic hydroxyl groups is 2. The third-order valence-electron chi connectivity index (χ3n) is 22.9. The minimum atomic E-state index is -1.87. The number of hydrogen-bond donors (Lipinski definition) is 6. The summed E-state index contributed by atoms with van der Waals surface area (Å²) in [5, 5.41) is 35.3. The molecule has 0 saturated carbocycles. The van der Waals surface area contributed by atoms with Crippen LogP contribution in [0.2, 0.25) is 0 Å². The number of carboxylic acids is 1. The van der Waals surface area contributed by atoms with E-state index in [1.54, 1.807) is 18.2 Å². The van der Waals surface area contributed by atoms with Gasteiger partial charge in [0.2, 0.25) is 11.8 Å². The Morgan fingerprint density at radius 1 is 0.534 bits per heavy atom. The summed E-state index contributed by atoms with van der Waals surface area (Å²) in [6.45, 7) is 48.4. The van der Waals surface area contributed by atoms with Crippen molar-refractivity contribution in [1.82, 2.24) is 10.6 Å². The average molecular weight is 1660 g/mol. The molecule has 2 spiro atoms. The number of nitrogens with one attached hydrogen (secondary N) is 2. The summed E-state index contributed by atoms with van der Waals surface area (Å²) < 4.78 is 101. The van der Waals surface area contributed by atoms with Crippen LogP contribution in [0.3, 0.4) is 0 Å². The van der Waals surface area contributed by atoms with Gasteiger partial charge in [0.05, 0.1) is 164 Å². The number of allylic oxidation sites excluding steroid dienone is 6. The second-order valence-corrected chi connectivity index (χ2v) is 34.3. The molecule has 0 bridgehead atoms. The second kappa shape index (κ2) is 48.3. The molecule has 0 aromatic carbocycles. The smallest absolute Gasteiger partial charge is 0.327 e. The first-order chi connectivity index (χ1) is 56.0. The Bertz CT molecular complexity index is 3400. The van der Waals surface area contributed by atoms with Gasteiger partial charge in [-0.25, -0.2) is 4.79 Å². The summed E-state index contributed by atoms with van der Waals surface area (Å²) in [6.07, 6.45) is 29.4. The molecule has 2 amide bonds. The third kappa shape index (κ3) is 33.5. The van der Waals surface area contributed by atoms with Crippen LogP contribution in [-0.2, 0) is 95.0 Å². The van der Waals surface area contributed by atoms with E-state index in [9.17, 15) is 34.2 Å². The quantitative estimate of drug-likeness (QED) is 0.00910. The van der Waals surface area contributed by atoms with Crippen molar-refractivity contribution in [3.05, 3.63) is 122 Å². The van der Waals surface area contributed by atoms with E-state index >= 15 is 0 Å². The van der Waals surface area contributed by atoms with Gasteiger partial charge in [0.25, 0.3) is 0 Å². The van der Waals surface area contributed by atoms with E-state index in [1.165, 1.54) is 31.4 Å². The van der Waals surface area contributed by atoms with Gasteiger partial charge in [-0.05, 0) is 148 Å². The Labute approximate surface area is 698 Å². The minimum Gasteiger partial charge on any atom is -0.478 e. The Hall–Kier alpha value is -5.46. The first kappa shape index (κ1) is 96.0. The van der Waals surface area contributed by atoms with Gasteiger partial charge in [-0.15, -0.1) is 6.58 Å². The van der Waals surface area contributed by atoms with Crippen molar-refractivity contribution in [3.63, 3.8) is 0 Å². The highest BCUT2D eigenvalue weighted by molar-refractivity contribution is 6.92. The molecular weight excluding hydrogens is 1510 g/mol. The van der Waals surface area contributed by atoms with Gasteiger partial charge in [-0.1, -0.05) is 138 Å². The van der Waals surface area contributed by atoms with Crippen molar-refractivity contribution >= 4 is 39.5 Å². The predicted molar refractivity (Wildman–Crippen MR) is 449 cm³/mol. The molecule has 10 saturated heterocycles. The van der Waals surface area contributed by atoms with Gasteiger partial charge in [-0.3, -0.25) is 19.2 Å². The third-order valence-corrected chi connectivity index (χ3v) is 22.9. The van der Waals surface area contributed by atoms with Gasteiger partial charge in [0.1, 0.15) is 52.4 Å². The number of carbonyl (C=O) groups excluding carboxylic acids is 4. The molecule has 658 valence electrons. The zero-order valence-corrected chi connectivity index (χ0v) is 73.1. The summed E-state index contributed by atoms with van der Waals surface area (Å²) in [5.41, 5.74) is 7.67. The molecule has 23 atom stereocenters. The molecule has 10 aliphatic rings. The maximum absolute atomic E-state index is 12.6. The zero-order valence-electron chi connectivity index (χ0n) is 75.2. The number of esters is 2. The maximum atomic E-state index is 12.6. The molecular formula is C89H144N3O23P. The van der Waals surface area contributed by atoms with E-state index in [4.69, 9.17) is 81.0 Å². The lowest BCUT2D eigenvalue weighted by Crippen LogP contribution is -2.50. The Kier molecular flexibility index (Phi) is 39.9. The van der Waals surface area contributed by atoms with E-state index in [-0.39, 0.29) is 138 Å². The van der Waals surface area contributed by atoms with E-state index < -0.39 is 51.3 Å². The molecule has 10 heterocycles. The minimum absolute atomic E-state index is 0.00434. The van der Waals surface area contributed by atoms with Crippen LogP contribution in [0.4, 0.5) is 0 Å². The monoisotopic (exact) mass is 1660 g/mol. The van der Waals surface area contributed by atoms with Crippen LogP contribution in [0.25, 0.3) is 0 Å². The molecule has 116 heavy (non-hydrogen) atoms. The number of methoxy groups -OCH3 is 2. The number of aliphatic carboxylic acids is 1. The number of rotatable bonds is 32. The first-order valence-corrected chi connectivity index (χ1v) is 41.2. The van der Waals surface area contributed by atoms with Crippen molar-refractivity contribution in [2.75, 3.05) is 86.9 Å². The number of ether oxygens (including phenoxy) is 15. The van der Waals surface area contributed by atoms with Gasteiger partial charge in [-0.2, -0.15) is 9.73 Å². The fourth-order valence-electron chi connectivity index (χ4n) is 14.4. The van der Waals surface area contributed by atoms with Crippen molar-refractivity contribution in [2.45, 2.75) is 287 Å². The summed E-state index contributed by atoms with van der Waals surface area (Å²) in [7, 11) is 0.825. The van der Waals surface area contributed by atoms with Gasteiger partial charge in [0, 0.05) is 25.0 Å². The summed E-state index contributed by atoms with van der Waals surface area (Å²) in [5.74, 6) is -0.171. The lowest BCUT2D eigenvalue weighted by Gasteiger charge is -2.39. The molecule has 0 aliphatic carbocycles. The van der Waals surface area contributed by atoms with Crippen molar-refractivity contribution < 1.29 is 110 Å². The fraction of sp³-hybridized carbons (Fsp3) is 0.719. The lowest BCUT2D eigenvalue weighted by atomic mass is 9.87. The van der Waals surface area contributed by atoms with E-state index in [0.29, 0.717) is 103 Å². The second-order valence-electron chi connectivity index (χ2n) is 34.3. The number of aliphatic hydroxyl groups excluding tert-OH is 2. The maximum Gasteiger partial charge on any atom is 0.327 e. The van der Waals surface area contributed by atoms with Gasteiger partial charge in [0.15, 0.2) is 0 Å². The van der Waals surface area contributed by atoms with Crippen LogP contribution in [0.15, 0.2) is 122 Å². The van der Waals surface area contributed by atoms with Gasteiger partial charge >= 0.3 is 17.9 Å². The first-order valence-electron chi connectivity index (χ1n) is 42.6. The van der Waals surface area contributed by atoms with Crippen LogP contribution < -0.4 is 16.4 Å². The fourth-order valence-corrected chi connectivity index (χ4v) is 14.4. The highest BCUT2D eigenvalue weighted by Crippen LogP contribution is 2.45. The van der Waals surface area contributed by atoms with E-state index in [2.05, 4.69) is 88.0 Å². The largest absolute Gasteiger partial charge is 0.478 e. The Morgan fingerprint density at radius 2 is 0.879 bits per heavy atom. The molecule has 0 radical (unpaired) electrons. The van der Waals surface area contributed by atoms with E-state index in [0.717, 1.165) is 50.2 Å². The molecule has 10 aliphatic heterocycles. The number of hydrogen-bond acceptors (Lipinski definition) is 23. The van der Waals surface area contributed by atoms with Crippen molar-refractivity contribution in [2.24, 2.45) is 41.2 Å².